The zero-order chi connectivity index (χ0) is 26.4. The van der Waals surface area contributed by atoms with E-state index in [9.17, 15) is 0 Å². The Kier molecular flexibility index (Phi) is 4.44. The fraction of sp³-hybridized carbons (Fsp3) is 0.0270. The SMILES string of the molecule is Cc1ccc(-n2c3ccccc3c3c4c5ccccc5n(-c5ccc6sc7ccccc7c6c5)c4ccc32)cc1. The molecule has 0 fully saturated rings. The lowest BCUT2D eigenvalue weighted by Crippen LogP contribution is -1.95. The summed E-state index contributed by atoms with van der Waals surface area (Å²) in [6.07, 6.45) is 0. The van der Waals surface area contributed by atoms with Crippen molar-refractivity contribution in [3.63, 3.8) is 0 Å². The van der Waals surface area contributed by atoms with Crippen LogP contribution in [-0.2, 0) is 0 Å². The van der Waals surface area contributed by atoms with Gasteiger partial charge in [-0.3, -0.25) is 0 Å². The van der Waals surface area contributed by atoms with Gasteiger partial charge >= 0.3 is 0 Å². The molecular weight excluding hydrogens is 504 g/mol. The third kappa shape index (κ3) is 2.93. The Morgan fingerprint density at radius 1 is 0.425 bits per heavy atom. The van der Waals surface area contributed by atoms with Crippen molar-refractivity contribution in [3.8, 4) is 11.4 Å². The summed E-state index contributed by atoms with van der Waals surface area (Å²) in [7, 11) is 0. The van der Waals surface area contributed by atoms with Crippen molar-refractivity contribution in [1.29, 1.82) is 0 Å². The normalized spacial score (nSPS) is 12.1. The van der Waals surface area contributed by atoms with E-state index < -0.39 is 0 Å². The summed E-state index contributed by atoms with van der Waals surface area (Å²) in [5, 5.41) is 7.84. The number of thiophene rings is 1. The fourth-order valence-electron chi connectivity index (χ4n) is 6.62. The fourth-order valence-corrected chi connectivity index (χ4v) is 7.71. The molecule has 3 aromatic heterocycles. The lowest BCUT2D eigenvalue weighted by Gasteiger charge is -2.10. The van der Waals surface area contributed by atoms with Crippen molar-refractivity contribution in [2.75, 3.05) is 0 Å². The molecule has 0 saturated carbocycles. The number of fused-ring (bicyclic) bond motifs is 10. The highest BCUT2D eigenvalue weighted by Gasteiger charge is 2.20. The third-order valence-electron chi connectivity index (χ3n) is 8.38. The lowest BCUT2D eigenvalue weighted by molar-refractivity contribution is 1.17. The van der Waals surface area contributed by atoms with Crippen molar-refractivity contribution in [2.45, 2.75) is 6.92 Å². The van der Waals surface area contributed by atoms with Gasteiger partial charge in [-0.25, -0.2) is 0 Å². The number of nitrogens with zero attached hydrogens (tertiary/aromatic N) is 2. The van der Waals surface area contributed by atoms with Gasteiger partial charge in [-0.15, -0.1) is 11.3 Å². The van der Waals surface area contributed by atoms with E-state index in [2.05, 4.69) is 143 Å². The topological polar surface area (TPSA) is 9.86 Å². The van der Waals surface area contributed by atoms with Crippen molar-refractivity contribution in [2.24, 2.45) is 0 Å². The number of aryl methyl sites for hydroxylation is 1. The Hall–Kier alpha value is -4.86. The van der Waals surface area contributed by atoms with Gasteiger partial charge in [0, 0.05) is 53.1 Å². The summed E-state index contributed by atoms with van der Waals surface area (Å²) in [5.41, 5.74) is 8.59. The Morgan fingerprint density at radius 2 is 0.950 bits per heavy atom. The average Bonchev–Trinajstić information content (AvgIpc) is 3.65. The third-order valence-corrected chi connectivity index (χ3v) is 9.53. The number of rotatable bonds is 2. The van der Waals surface area contributed by atoms with E-state index >= 15 is 0 Å². The summed E-state index contributed by atoms with van der Waals surface area (Å²) in [6.45, 7) is 2.14. The second kappa shape index (κ2) is 8.08. The predicted molar refractivity (Wildman–Crippen MR) is 173 cm³/mol. The number of para-hydroxylation sites is 2. The minimum Gasteiger partial charge on any atom is -0.309 e. The molecule has 3 heterocycles. The maximum Gasteiger partial charge on any atom is 0.0548 e. The summed E-state index contributed by atoms with van der Waals surface area (Å²) in [5.74, 6) is 0. The molecule has 3 heteroatoms. The Labute approximate surface area is 234 Å². The smallest absolute Gasteiger partial charge is 0.0548 e. The van der Waals surface area contributed by atoms with Gasteiger partial charge in [0.2, 0.25) is 0 Å². The van der Waals surface area contributed by atoms with Crippen molar-refractivity contribution in [3.05, 3.63) is 133 Å². The van der Waals surface area contributed by atoms with Crippen LogP contribution in [0.25, 0.3) is 75.2 Å². The molecule has 0 aliphatic heterocycles. The molecule has 9 aromatic rings. The summed E-state index contributed by atoms with van der Waals surface area (Å²) >= 11 is 1.87. The highest BCUT2D eigenvalue weighted by atomic mass is 32.1. The molecule has 0 N–H and O–H groups in total. The van der Waals surface area contributed by atoms with Crippen LogP contribution in [0, 0.1) is 6.92 Å². The minimum atomic E-state index is 1.19. The first-order valence-electron chi connectivity index (χ1n) is 13.7. The molecule has 2 nitrogen and oxygen atoms in total. The monoisotopic (exact) mass is 528 g/mol. The van der Waals surface area contributed by atoms with E-state index in [1.165, 1.54) is 80.7 Å². The van der Waals surface area contributed by atoms with Crippen LogP contribution in [0.1, 0.15) is 5.56 Å². The van der Waals surface area contributed by atoms with Crippen LogP contribution in [-0.4, -0.2) is 9.13 Å². The van der Waals surface area contributed by atoms with E-state index in [1.54, 1.807) is 0 Å². The van der Waals surface area contributed by atoms with Crippen LogP contribution in [0.3, 0.4) is 0 Å². The van der Waals surface area contributed by atoms with Crippen molar-refractivity contribution < 1.29 is 0 Å². The van der Waals surface area contributed by atoms with E-state index in [0.29, 0.717) is 0 Å². The molecule has 0 radical (unpaired) electrons. The van der Waals surface area contributed by atoms with Gasteiger partial charge in [0.15, 0.2) is 0 Å². The van der Waals surface area contributed by atoms with Crippen LogP contribution >= 0.6 is 11.3 Å². The number of hydrogen-bond donors (Lipinski definition) is 0. The first kappa shape index (κ1) is 22.0. The second-order valence-electron chi connectivity index (χ2n) is 10.7. The molecule has 0 spiro atoms. The molecule has 40 heavy (non-hydrogen) atoms. The van der Waals surface area contributed by atoms with E-state index in [4.69, 9.17) is 0 Å². The Morgan fingerprint density at radius 3 is 1.62 bits per heavy atom. The van der Waals surface area contributed by atoms with Crippen LogP contribution in [0.5, 0.6) is 0 Å². The van der Waals surface area contributed by atoms with E-state index in [0.717, 1.165) is 0 Å². The van der Waals surface area contributed by atoms with Crippen LogP contribution in [0.4, 0.5) is 0 Å². The van der Waals surface area contributed by atoms with E-state index in [1.807, 2.05) is 11.3 Å². The number of aromatic nitrogens is 2. The van der Waals surface area contributed by atoms with Crippen LogP contribution in [0.15, 0.2) is 127 Å². The lowest BCUT2D eigenvalue weighted by atomic mass is 10.1. The van der Waals surface area contributed by atoms with Gasteiger partial charge in [-0.1, -0.05) is 72.3 Å². The van der Waals surface area contributed by atoms with Gasteiger partial charge in [-0.2, -0.15) is 0 Å². The minimum absolute atomic E-state index is 1.19. The van der Waals surface area contributed by atoms with Gasteiger partial charge in [-0.05, 0) is 67.6 Å². The Balaban J connectivity index is 1.43. The standard InChI is InChI=1S/C37H24N2S/c1-23-14-16-24(17-15-23)38-30-11-5-2-9-27(30)36-32(38)19-20-33-37(36)28-10-3-6-12-31(28)39(33)25-18-21-35-29(22-25)26-8-4-7-13-34(26)40-35/h2-22H,1H3. The number of benzene rings is 6. The second-order valence-corrected chi connectivity index (χ2v) is 11.8. The first-order chi connectivity index (χ1) is 19.8. The molecule has 188 valence electrons. The molecule has 9 rings (SSSR count). The van der Waals surface area contributed by atoms with Crippen LogP contribution < -0.4 is 0 Å². The first-order valence-corrected chi connectivity index (χ1v) is 14.5. The quantitative estimate of drug-likeness (QED) is 0.211. The maximum absolute atomic E-state index is 2.45. The van der Waals surface area contributed by atoms with E-state index in [-0.39, 0.29) is 0 Å². The average molecular weight is 529 g/mol. The largest absolute Gasteiger partial charge is 0.309 e. The van der Waals surface area contributed by atoms with Gasteiger partial charge in [0.1, 0.15) is 0 Å². The van der Waals surface area contributed by atoms with Gasteiger partial charge < -0.3 is 9.13 Å². The molecule has 0 atom stereocenters. The highest BCUT2D eigenvalue weighted by molar-refractivity contribution is 7.25. The summed E-state index contributed by atoms with van der Waals surface area (Å²) in [6, 6.07) is 46.9. The number of hydrogen-bond acceptors (Lipinski definition) is 1. The molecule has 0 aliphatic rings. The molecular formula is C37H24N2S. The maximum atomic E-state index is 2.45. The Bertz CT molecular complexity index is 2430. The van der Waals surface area contributed by atoms with Crippen molar-refractivity contribution >= 4 is 75.1 Å². The molecule has 0 unspecified atom stereocenters. The zero-order valence-electron chi connectivity index (χ0n) is 21.9. The highest BCUT2D eigenvalue weighted by Crippen LogP contribution is 2.43. The van der Waals surface area contributed by atoms with Gasteiger partial charge in [0.25, 0.3) is 0 Å². The molecule has 0 aliphatic carbocycles. The van der Waals surface area contributed by atoms with Crippen LogP contribution in [0.2, 0.25) is 0 Å². The summed E-state index contributed by atoms with van der Waals surface area (Å²) in [4.78, 5) is 0. The zero-order valence-corrected chi connectivity index (χ0v) is 22.7. The van der Waals surface area contributed by atoms with Gasteiger partial charge in [0.05, 0.1) is 22.1 Å². The molecule has 0 bridgehead atoms. The summed E-state index contributed by atoms with van der Waals surface area (Å²) < 4.78 is 7.53. The molecule has 0 saturated heterocycles. The predicted octanol–water partition coefficient (Wildman–Crippen LogP) is 10.6. The van der Waals surface area contributed by atoms with Crippen molar-refractivity contribution in [1.82, 2.24) is 9.13 Å². The molecule has 0 amide bonds. The molecule has 6 aromatic carbocycles.